The topological polar surface area (TPSA) is 147 Å². The van der Waals surface area contributed by atoms with Gasteiger partial charge in [-0.05, 0) is 97.9 Å². The SMILES string of the molecule is O=CCCC(C=O)N1Cc2cc(N3CCC4(CC3)CN(Cc3cccc([S+]([O-])N5CCC(Nc6ncc7ccc(=O)n(C8CCCC8)c7n6)CC5)c3)C4)ccc2C1=O. The van der Waals surface area contributed by atoms with E-state index in [2.05, 4.69) is 42.6 Å². The molecule has 58 heavy (non-hydrogen) atoms. The summed E-state index contributed by atoms with van der Waals surface area (Å²) in [6.45, 7) is 6.66. The number of nitrogens with zero attached hydrogens (tertiary/aromatic N) is 7. The Labute approximate surface area is 342 Å². The Kier molecular flexibility index (Phi) is 11.1. The van der Waals surface area contributed by atoms with Crippen molar-refractivity contribution in [3.8, 4) is 0 Å². The third-order valence-electron chi connectivity index (χ3n) is 13.3. The van der Waals surface area contributed by atoms with Gasteiger partial charge in [0, 0.05) is 99.8 Å². The highest BCUT2D eigenvalue weighted by molar-refractivity contribution is 7.89. The van der Waals surface area contributed by atoms with Crippen LogP contribution in [-0.2, 0) is 34.0 Å². The van der Waals surface area contributed by atoms with Crippen LogP contribution in [0, 0.1) is 5.41 Å². The van der Waals surface area contributed by atoms with Gasteiger partial charge in [-0.15, -0.1) is 4.31 Å². The van der Waals surface area contributed by atoms with Crippen LogP contribution in [0.5, 0.6) is 0 Å². The minimum absolute atomic E-state index is 0.00204. The Balaban J connectivity index is 0.745. The number of rotatable bonds is 13. The van der Waals surface area contributed by atoms with Crippen LogP contribution in [0.1, 0.15) is 91.7 Å². The number of hydrogen-bond donors (Lipinski definition) is 1. The summed E-state index contributed by atoms with van der Waals surface area (Å²) in [5.41, 5.74) is 4.90. The second-order valence-corrected chi connectivity index (χ2v) is 18.5. The number of piperidine rings is 2. The Morgan fingerprint density at radius 1 is 0.948 bits per heavy atom. The number of pyridine rings is 1. The van der Waals surface area contributed by atoms with Crippen molar-refractivity contribution >= 4 is 52.5 Å². The summed E-state index contributed by atoms with van der Waals surface area (Å²) >= 11 is -1.25. The van der Waals surface area contributed by atoms with Gasteiger partial charge >= 0.3 is 0 Å². The fraction of sp³-hybridized carbons (Fsp3) is 0.500. The molecule has 3 saturated heterocycles. The van der Waals surface area contributed by atoms with E-state index < -0.39 is 17.4 Å². The van der Waals surface area contributed by atoms with Gasteiger partial charge in [-0.3, -0.25) is 19.1 Å². The van der Waals surface area contributed by atoms with Gasteiger partial charge in [0.25, 0.3) is 11.5 Å². The van der Waals surface area contributed by atoms with E-state index in [1.165, 1.54) is 5.56 Å². The molecular weight excluding hydrogens is 753 g/mol. The molecule has 1 saturated carbocycles. The molecular formula is C44H52N8O5S. The lowest BCUT2D eigenvalue weighted by molar-refractivity contribution is -0.112. The summed E-state index contributed by atoms with van der Waals surface area (Å²) in [5, 5.41) is 4.38. The lowest BCUT2D eigenvalue weighted by Gasteiger charge is -2.54. The molecule has 4 aliphatic heterocycles. The Morgan fingerprint density at radius 3 is 2.50 bits per heavy atom. The third kappa shape index (κ3) is 7.79. The molecule has 2 aromatic carbocycles. The molecule has 1 aliphatic carbocycles. The summed E-state index contributed by atoms with van der Waals surface area (Å²) in [6, 6.07) is 17.5. The molecule has 304 valence electrons. The number of aromatic nitrogens is 3. The van der Waals surface area contributed by atoms with Gasteiger partial charge in [0.2, 0.25) is 5.95 Å². The summed E-state index contributed by atoms with van der Waals surface area (Å²) in [5.74, 6) is 0.407. The number of likely N-dealkylation sites (tertiary alicyclic amines) is 1. The van der Waals surface area contributed by atoms with Crippen LogP contribution in [0.4, 0.5) is 11.6 Å². The number of aldehydes is 2. The highest BCUT2D eigenvalue weighted by Crippen LogP contribution is 2.43. The minimum atomic E-state index is -1.25. The van der Waals surface area contributed by atoms with Gasteiger partial charge in [-0.2, -0.15) is 4.98 Å². The number of carbonyl (C=O) groups is 3. The molecule has 0 radical (unpaired) electrons. The molecule has 2 aromatic heterocycles. The zero-order chi connectivity index (χ0) is 39.8. The van der Waals surface area contributed by atoms with E-state index in [0.717, 1.165) is 118 Å². The molecule has 2 atom stereocenters. The predicted molar refractivity (Wildman–Crippen MR) is 223 cm³/mol. The van der Waals surface area contributed by atoms with Crippen molar-refractivity contribution in [3.05, 3.63) is 87.8 Å². The quantitative estimate of drug-likeness (QED) is 0.142. The van der Waals surface area contributed by atoms with Crippen LogP contribution in [-0.4, -0.2) is 103 Å². The van der Waals surface area contributed by atoms with Crippen molar-refractivity contribution in [2.45, 2.75) is 100 Å². The van der Waals surface area contributed by atoms with E-state index in [1.54, 1.807) is 17.2 Å². The van der Waals surface area contributed by atoms with Crippen LogP contribution < -0.4 is 15.8 Å². The smallest absolute Gasteiger partial charge is 0.255 e. The Hall–Kier alpha value is -4.63. The number of amides is 1. The molecule has 13 nitrogen and oxygen atoms in total. The van der Waals surface area contributed by atoms with Crippen molar-refractivity contribution in [2.75, 3.05) is 49.5 Å². The molecule has 0 bridgehead atoms. The first-order chi connectivity index (χ1) is 28.3. The first-order valence-corrected chi connectivity index (χ1v) is 22.1. The van der Waals surface area contributed by atoms with Gasteiger partial charge in [-0.25, -0.2) is 4.98 Å². The van der Waals surface area contributed by atoms with Crippen LogP contribution in [0.3, 0.4) is 0 Å². The van der Waals surface area contributed by atoms with Crippen LogP contribution in [0.25, 0.3) is 11.0 Å². The van der Waals surface area contributed by atoms with E-state index >= 15 is 0 Å². The summed E-state index contributed by atoms with van der Waals surface area (Å²) in [4.78, 5) is 65.2. The van der Waals surface area contributed by atoms with E-state index in [1.807, 2.05) is 34.9 Å². The lowest BCUT2D eigenvalue weighted by atomic mass is 9.72. The first kappa shape index (κ1) is 38.9. The van der Waals surface area contributed by atoms with Gasteiger partial charge in [0.05, 0.1) is 17.4 Å². The molecule has 1 amide bonds. The fourth-order valence-corrected chi connectivity index (χ4v) is 11.3. The van der Waals surface area contributed by atoms with Crippen molar-refractivity contribution < 1.29 is 18.9 Å². The number of benzene rings is 2. The van der Waals surface area contributed by atoms with Crippen LogP contribution in [0.2, 0.25) is 0 Å². The maximum atomic E-state index is 13.8. The summed E-state index contributed by atoms with van der Waals surface area (Å²) < 4.78 is 17.7. The van der Waals surface area contributed by atoms with Crippen molar-refractivity contribution in [1.29, 1.82) is 0 Å². The molecule has 1 N–H and O–H groups in total. The standard InChI is InChI=1S/C44H52N8O5S/c53-22-4-8-37(28-54)51-27-33-24-36(11-12-39(33)42(51)56)49-20-16-44(17-21-49)29-48(30-44)26-31-5-3-9-38(23-31)58(57)50-18-14-34(15-19-50)46-43-45-25-32-10-13-40(55)52(41(32)47-43)35-6-1-2-7-35/h3,5,9-13,22-25,28,34-35,37H,1-2,4,6-8,14-21,26-27,29-30H2,(H,45,46,47). The van der Waals surface area contributed by atoms with E-state index in [4.69, 9.17) is 4.98 Å². The van der Waals surface area contributed by atoms with Gasteiger partial charge in [0.1, 0.15) is 18.2 Å². The molecule has 4 aromatic rings. The van der Waals surface area contributed by atoms with Gasteiger partial charge < -0.3 is 29.3 Å². The molecule has 1 spiro atoms. The van der Waals surface area contributed by atoms with E-state index in [-0.39, 0.29) is 30.0 Å². The molecule has 14 heteroatoms. The number of fused-ring (bicyclic) bond motifs is 2. The van der Waals surface area contributed by atoms with Gasteiger partial charge in [0.15, 0.2) is 4.90 Å². The summed E-state index contributed by atoms with van der Waals surface area (Å²) in [6.07, 6.45) is 12.1. The Bertz CT molecular complexity index is 2220. The predicted octanol–water partition coefficient (Wildman–Crippen LogP) is 5.11. The number of hydrogen-bond acceptors (Lipinski definition) is 11. The third-order valence-corrected chi connectivity index (χ3v) is 14.7. The number of nitrogens with one attached hydrogen (secondary N) is 1. The molecule has 2 unspecified atom stereocenters. The lowest BCUT2D eigenvalue weighted by Crippen LogP contribution is -2.59. The molecule has 9 rings (SSSR count). The van der Waals surface area contributed by atoms with Gasteiger partial charge in [-0.1, -0.05) is 25.0 Å². The molecule has 4 fully saturated rings. The largest absolute Gasteiger partial charge is 0.593 e. The zero-order valence-corrected chi connectivity index (χ0v) is 33.8. The average Bonchev–Trinajstić information content (AvgIpc) is 3.89. The van der Waals surface area contributed by atoms with Crippen molar-refractivity contribution in [1.82, 2.24) is 28.6 Å². The van der Waals surface area contributed by atoms with E-state index in [9.17, 15) is 23.7 Å². The monoisotopic (exact) mass is 804 g/mol. The minimum Gasteiger partial charge on any atom is -0.593 e. The average molecular weight is 805 g/mol. The maximum absolute atomic E-state index is 13.8. The fourth-order valence-electron chi connectivity index (χ4n) is 10.0. The number of anilines is 2. The highest BCUT2D eigenvalue weighted by atomic mass is 32.2. The highest BCUT2D eigenvalue weighted by Gasteiger charge is 2.45. The maximum Gasteiger partial charge on any atom is 0.255 e. The van der Waals surface area contributed by atoms with Crippen LogP contribution >= 0.6 is 0 Å². The molecule has 6 heterocycles. The number of carbonyl (C=O) groups excluding carboxylic acids is 3. The van der Waals surface area contributed by atoms with E-state index in [0.29, 0.717) is 48.6 Å². The summed E-state index contributed by atoms with van der Waals surface area (Å²) in [7, 11) is 0. The normalized spacial score (nSPS) is 21.3. The van der Waals surface area contributed by atoms with Crippen LogP contribution in [0.15, 0.2) is 70.5 Å². The van der Waals surface area contributed by atoms with Crippen molar-refractivity contribution in [3.63, 3.8) is 0 Å². The zero-order valence-electron chi connectivity index (χ0n) is 33.0. The Morgan fingerprint density at radius 2 is 1.74 bits per heavy atom. The molecule has 5 aliphatic rings. The van der Waals surface area contributed by atoms with Crippen molar-refractivity contribution in [2.24, 2.45) is 5.41 Å². The second kappa shape index (κ2) is 16.6. The second-order valence-electron chi connectivity index (χ2n) is 17.1. The first-order valence-electron chi connectivity index (χ1n) is 21.0.